The second kappa shape index (κ2) is 6.81. The van der Waals surface area contributed by atoms with Gasteiger partial charge in [-0.05, 0) is 12.1 Å². The molecule has 1 unspecified atom stereocenters. The molecule has 0 aliphatic heterocycles. The fourth-order valence-electron chi connectivity index (χ4n) is 2.28. The lowest BCUT2D eigenvalue weighted by molar-refractivity contribution is -0.384. The van der Waals surface area contributed by atoms with Crippen molar-refractivity contribution < 1.29 is 19.3 Å². The maximum Gasteiger partial charge on any atom is 0.271 e. The molecule has 1 heterocycles. The second-order valence-electron chi connectivity index (χ2n) is 5.21. The van der Waals surface area contributed by atoms with E-state index in [0.717, 1.165) is 17.8 Å². The molecule has 25 heavy (non-hydrogen) atoms. The number of nitrogens with one attached hydrogen (secondary N) is 1. The molecule has 0 saturated carbocycles. The first-order chi connectivity index (χ1) is 12.0. The fourth-order valence-corrected chi connectivity index (χ4v) is 3.08. The summed E-state index contributed by atoms with van der Waals surface area (Å²) in [5.41, 5.74) is 0.948. The van der Waals surface area contributed by atoms with Crippen LogP contribution in [0.3, 0.4) is 0 Å². The Morgan fingerprint density at radius 1 is 1.32 bits per heavy atom. The SMILES string of the molecule is O=C1C=CC=CC(C(=O)CSc2nc3ccc([N+](=O)[O-])cc3[nH]2)C1=O. The van der Waals surface area contributed by atoms with Gasteiger partial charge in [-0.25, -0.2) is 4.98 Å². The molecule has 2 aromatic rings. The minimum atomic E-state index is -1.10. The molecule has 1 aromatic heterocycles. The average molecular weight is 357 g/mol. The van der Waals surface area contributed by atoms with Gasteiger partial charge in [-0.2, -0.15) is 0 Å². The number of carbonyl (C=O) groups excluding carboxylic acids is 3. The van der Waals surface area contributed by atoms with Gasteiger partial charge in [0.15, 0.2) is 10.9 Å². The molecule has 0 fully saturated rings. The van der Waals surface area contributed by atoms with Crippen LogP contribution in [0.4, 0.5) is 5.69 Å². The zero-order valence-corrected chi connectivity index (χ0v) is 13.5. The van der Waals surface area contributed by atoms with E-state index in [2.05, 4.69) is 9.97 Å². The first kappa shape index (κ1) is 16.8. The summed E-state index contributed by atoms with van der Waals surface area (Å²) in [5, 5.41) is 11.2. The van der Waals surface area contributed by atoms with Crippen molar-refractivity contribution >= 4 is 45.8 Å². The predicted octanol–water partition coefficient (Wildman–Crippen LogP) is 2.01. The lowest BCUT2D eigenvalue weighted by Crippen LogP contribution is -2.28. The van der Waals surface area contributed by atoms with Crippen molar-refractivity contribution in [2.75, 3.05) is 5.75 Å². The number of non-ortho nitro benzene ring substituents is 1. The van der Waals surface area contributed by atoms with E-state index in [1.807, 2.05) is 0 Å². The average Bonchev–Trinajstić information content (AvgIpc) is 2.92. The van der Waals surface area contributed by atoms with E-state index in [1.54, 1.807) is 0 Å². The molecule has 1 atom stereocenters. The molecule has 8 nitrogen and oxygen atoms in total. The number of hydrogen-bond acceptors (Lipinski definition) is 7. The summed E-state index contributed by atoms with van der Waals surface area (Å²) in [6.07, 6.45) is 5.45. The summed E-state index contributed by atoms with van der Waals surface area (Å²) in [6, 6.07) is 4.21. The monoisotopic (exact) mass is 357 g/mol. The molecule has 0 radical (unpaired) electrons. The highest BCUT2D eigenvalue weighted by molar-refractivity contribution is 7.99. The number of benzene rings is 1. The maximum atomic E-state index is 12.2. The number of carbonyl (C=O) groups is 3. The predicted molar refractivity (Wildman–Crippen MR) is 90.3 cm³/mol. The van der Waals surface area contributed by atoms with Crippen LogP contribution in [0, 0.1) is 16.0 Å². The molecular formula is C16H11N3O5S. The second-order valence-corrected chi connectivity index (χ2v) is 6.17. The van der Waals surface area contributed by atoms with E-state index < -0.39 is 28.2 Å². The fraction of sp³-hybridized carbons (Fsp3) is 0.125. The van der Waals surface area contributed by atoms with Gasteiger partial charge in [0.2, 0.25) is 11.6 Å². The van der Waals surface area contributed by atoms with Crippen LogP contribution in [0.5, 0.6) is 0 Å². The molecule has 1 aliphatic carbocycles. The Labute approximate surface area is 145 Å². The lowest BCUT2D eigenvalue weighted by atomic mass is 9.98. The number of nitro groups is 1. The Morgan fingerprint density at radius 2 is 2.12 bits per heavy atom. The zero-order valence-electron chi connectivity index (χ0n) is 12.7. The number of hydrogen-bond donors (Lipinski definition) is 1. The Hall–Kier alpha value is -3.07. The van der Waals surface area contributed by atoms with Crippen molar-refractivity contribution in [3.05, 3.63) is 52.6 Å². The smallest absolute Gasteiger partial charge is 0.271 e. The van der Waals surface area contributed by atoms with Gasteiger partial charge in [0.25, 0.3) is 5.69 Å². The Bertz CT molecular complexity index is 960. The van der Waals surface area contributed by atoms with Crippen LogP contribution in [0.25, 0.3) is 11.0 Å². The van der Waals surface area contributed by atoms with Gasteiger partial charge in [0.1, 0.15) is 5.92 Å². The van der Waals surface area contributed by atoms with Crippen molar-refractivity contribution in [3.8, 4) is 0 Å². The van der Waals surface area contributed by atoms with Gasteiger partial charge in [0.05, 0.1) is 21.7 Å². The third kappa shape index (κ3) is 3.56. The molecule has 126 valence electrons. The summed E-state index contributed by atoms with van der Waals surface area (Å²) in [5.74, 6) is -3.02. The van der Waals surface area contributed by atoms with E-state index >= 15 is 0 Å². The van der Waals surface area contributed by atoms with E-state index in [9.17, 15) is 24.5 Å². The van der Waals surface area contributed by atoms with Crippen molar-refractivity contribution in [2.45, 2.75) is 5.16 Å². The molecule has 0 spiro atoms. The highest BCUT2D eigenvalue weighted by atomic mass is 32.2. The minimum Gasteiger partial charge on any atom is -0.333 e. The largest absolute Gasteiger partial charge is 0.333 e. The Kier molecular flexibility index (Phi) is 4.57. The van der Waals surface area contributed by atoms with Crippen molar-refractivity contribution in [2.24, 2.45) is 5.92 Å². The number of H-pyrrole nitrogens is 1. The number of rotatable bonds is 5. The quantitative estimate of drug-likeness (QED) is 0.285. The standard InChI is InChI=1S/C16H11N3O5S/c20-13-4-2-1-3-10(15(13)22)14(21)8-25-16-17-11-6-5-9(19(23)24)7-12(11)18-16/h1-7,10H,8H2,(H,17,18). The third-order valence-corrected chi connectivity index (χ3v) is 4.44. The van der Waals surface area contributed by atoms with Crippen molar-refractivity contribution in [1.82, 2.24) is 9.97 Å². The highest BCUT2D eigenvalue weighted by Crippen LogP contribution is 2.24. The maximum absolute atomic E-state index is 12.2. The van der Waals surface area contributed by atoms with E-state index in [1.165, 1.54) is 36.4 Å². The van der Waals surface area contributed by atoms with Crippen LogP contribution in [-0.4, -0.2) is 38.0 Å². The van der Waals surface area contributed by atoms with E-state index in [-0.39, 0.29) is 11.4 Å². The Morgan fingerprint density at radius 3 is 2.88 bits per heavy atom. The van der Waals surface area contributed by atoms with Gasteiger partial charge >= 0.3 is 0 Å². The van der Waals surface area contributed by atoms with Crippen LogP contribution in [0.2, 0.25) is 0 Å². The van der Waals surface area contributed by atoms with E-state index in [0.29, 0.717) is 16.2 Å². The van der Waals surface area contributed by atoms with Gasteiger partial charge in [-0.15, -0.1) is 0 Å². The summed E-state index contributed by atoms with van der Waals surface area (Å²) in [7, 11) is 0. The normalized spacial score (nSPS) is 17.0. The number of ketones is 3. The van der Waals surface area contributed by atoms with Crippen LogP contribution in [0.15, 0.2) is 47.7 Å². The third-order valence-electron chi connectivity index (χ3n) is 3.54. The first-order valence-electron chi connectivity index (χ1n) is 7.18. The molecule has 3 rings (SSSR count). The van der Waals surface area contributed by atoms with Crippen molar-refractivity contribution in [3.63, 3.8) is 0 Å². The molecule has 1 aromatic carbocycles. The van der Waals surface area contributed by atoms with Crippen LogP contribution in [0.1, 0.15) is 0 Å². The number of nitro benzene ring substituents is 1. The molecule has 0 bridgehead atoms. The number of imidazole rings is 1. The van der Waals surface area contributed by atoms with Crippen LogP contribution in [-0.2, 0) is 14.4 Å². The number of aromatic amines is 1. The number of aromatic nitrogens is 2. The molecule has 9 heteroatoms. The molecule has 0 amide bonds. The summed E-state index contributed by atoms with van der Waals surface area (Å²) in [6.45, 7) is 0. The highest BCUT2D eigenvalue weighted by Gasteiger charge is 2.28. The van der Waals surface area contributed by atoms with Gasteiger partial charge in [-0.1, -0.05) is 30.0 Å². The number of nitrogens with zero attached hydrogens (tertiary/aromatic N) is 2. The first-order valence-corrected chi connectivity index (χ1v) is 8.17. The summed E-state index contributed by atoms with van der Waals surface area (Å²) in [4.78, 5) is 53.0. The summed E-state index contributed by atoms with van der Waals surface area (Å²) < 4.78 is 0. The zero-order chi connectivity index (χ0) is 18.0. The Balaban J connectivity index is 1.71. The lowest BCUT2D eigenvalue weighted by Gasteiger charge is -2.06. The molecular weight excluding hydrogens is 346 g/mol. The van der Waals surface area contributed by atoms with Crippen LogP contribution < -0.4 is 0 Å². The minimum absolute atomic E-state index is 0.0596. The van der Waals surface area contributed by atoms with Gasteiger partial charge in [0, 0.05) is 12.1 Å². The van der Waals surface area contributed by atoms with Crippen LogP contribution >= 0.6 is 11.8 Å². The van der Waals surface area contributed by atoms with Crippen molar-refractivity contribution in [1.29, 1.82) is 0 Å². The molecule has 1 aliphatic rings. The molecule has 0 saturated heterocycles. The van der Waals surface area contributed by atoms with Gasteiger partial charge < -0.3 is 4.98 Å². The number of Topliss-reactive ketones (excluding diaryl/α,β-unsaturated/α-hetero) is 2. The van der Waals surface area contributed by atoms with E-state index in [4.69, 9.17) is 0 Å². The van der Waals surface area contributed by atoms with Gasteiger partial charge in [-0.3, -0.25) is 24.5 Å². The summed E-state index contributed by atoms with van der Waals surface area (Å²) >= 11 is 1.07. The number of allylic oxidation sites excluding steroid dienone is 4. The molecule has 1 N–H and O–H groups in total. The topological polar surface area (TPSA) is 123 Å². The number of thioether (sulfide) groups is 1. The number of fused-ring (bicyclic) bond motifs is 1.